The molecule has 0 aliphatic carbocycles. The number of hydrogen-bond acceptors (Lipinski definition) is 5. The molecule has 1 amide bonds. The number of rotatable bonds is 2. The summed E-state index contributed by atoms with van der Waals surface area (Å²) >= 11 is 0. The molecule has 150 valence electrons. The Morgan fingerprint density at radius 3 is 2.30 bits per heavy atom. The number of hydrogen-bond donors (Lipinski definition) is 2. The van der Waals surface area contributed by atoms with Crippen molar-refractivity contribution in [1.29, 1.82) is 0 Å². The zero-order chi connectivity index (χ0) is 20.9. The zero-order valence-electron chi connectivity index (χ0n) is 16.6. The summed E-state index contributed by atoms with van der Waals surface area (Å²) < 4.78 is 12.4. The topological polar surface area (TPSA) is 76.7 Å². The van der Waals surface area contributed by atoms with Crippen LogP contribution < -0.4 is 15.4 Å². The van der Waals surface area contributed by atoms with E-state index >= 15 is 0 Å². The second-order valence-corrected chi connectivity index (χ2v) is 7.44. The van der Waals surface area contributed by atoms with Gasteiger partial charge in [0, 0.05) is 54.2 Å². The summed E-state index contributed by atoms with van der Waals surface area (Å²) in [6, 6.07) is 19.0. The smallest absolute Gasteiger partial charge is 0.311 e. The number of nitrogens with one attached hydrogen (secondary N) is 2. The molecule has 0 aromatic heterocycles. The molecule has 0 fully saturated rings. The van der Waals surface area contributed by atoms with Gasteiger partial charge in [-0.25, -0.2) is 0 Å². The molecule has 0 saturated heterocycles. The molecule has 6 nitrogen and oxygen atoms in total. The van der Waals surface area contributed by atoms with Crippen molar-refractivity contribution in [2.75, 3.05) is 17.7 Å². The molecule has 30 heavy (non-hydrogen) atoms. The average molecular weight is 400 g/mol. The van der Waals surface area contributed by atoms with Crippen molar-refractivity contribution in [2.24, 2.45) is 0 Å². The zero-order valence-corrected chi connectivity index (χ0v) is 16.6. The van der Waals surface area contributed by atoms with E-state index in [0.717, 1.165) is 27.9 Å². The lowest BCUT2D eigenvalue weighted by atomic mass is 9.74. The van der Waals surface area contributed by atoms with Crippen molar-refractivity contribution >= 4 is 23.3 Å². The van der Waals surface area contributed by atoms with Gasteiger partial charge in [-0.2, -0.15) is 0 Å². The second-order valence-electron chi connectivity index (χ2n) is 7.44. The third-order valence-electron chi connectivity index (χ3n) is 5.55. The molecule has 2 heterocycles. The summed E-state index contributed by atoms with van der Waals surface area (Å²) in [5, 5.41) is 5.89. The molecular weight excluding hydrogens is 380 g/mol. The minimum atomic E-state index is -1.12. The average Bonchev–Trinajstić information content (AvgIpc) is 2.72. The largest absolute Gasteiger partial charge is 0.456 e. The van der Waals surface area contributed by atoms with E-state index in [0.29, 0.717) is 17.2 Å². The van der Waals surface area contributed by atoms with Gasteiger partial charge in [-0.05, 0) is 29.8 Å². The van der Waals surface area contributed by atoms with Gasteiger partial charge in [-0.3, -0.25) is 9.59 Å². The van der Waals surface area contributed by atoms with E-state index in [2.05, 4.69) is 10.6 Å². The molecule has 3 aromatic rings. The van der Waals surface area contributed by atoms with E-state index < -0.39 is 5.60 Å². The van der Waals surface area contributed by atoms with Crippen molar-refractivity contribution in [1.82, 2.24) is 0 Å². The van der Waals surface area contributed by atoms with Crippen LogP contribution in [0.15, 0.2) is 60.7 Å². The van der Waals surface area contributed by atoms with Crippen LogP contribution in [0.1, 0.15) is 29.2 Å². The van der Waals surface area contributed by atoms with Gasteiger partial charge in [-0.15, -0.1) is 0 Å². The maximum absolute atomic E-state index is 12.7. The van der Waals surface area contributed by atoms with E-state index in [9.17, 15) is 9.59 Å². The maximum Gasteiger partial charge on any atom is 0.311 e. The van der Waals surface area contributed by atoms with Crippen LogP contribution in [0.3, 0.4) is 0 Å². The SMILES string of the molecule is CNc1ccc2c(c1)Oc1cc(NC(C)=O)ccc1C21OC(=O)Cc2ccccc21. The summed E-state index contributed by atoms with van der Waals surface area (Å²) in [6.45, 7) is 1.45. The van der Waals surface area contributed by atoms with Crippen LogP contribution in [0.5, 0.6) is 11.5 Å². The number of esters is 1. The van der Waals surface area contributed by atoms with E-state index in [1.165, 1.54) is 6.92 Å². The molecule has 3 aromatic carbocycles. The Morgan fingerprint density at radius 2 is 1.60 bits per heavy atom. The first kappa shape index (κ1) is 18.2. The number of carbonyl (C=O) groups excluding carboxylic acids is 2. The molecule has 2 aliphatic rings. The van der Waals surface area contributed by atoms with Crippen LogP contribution >= 0.6 is 0 Å². The van der Waals surface area contributed by atoms with E-state index in [4.69, 9.17) is 9.47 Å². The molecule has 1 unspecified atom stereocenters. The maximum atomic E-state index is 12.7. The van der Waals surface area contributed by atoms with Crippen molar-refractivity contribution in [3.05, 3.63) is 82.9 Å². The first-order valence-corrected chi connectivity index (χ1v) is 9.74. The summed E-state index contributed by atoms with van der Waals surface area (Å²) in [4.78, 5) is 24.3. The highest BCUT2D eigenvalue weighted by Crippen LogP contribution is 2.55. The molecule has 1 spiro atoms. The molecule has 2 aliphatic heterocycles. The molecule has 6 heteroatoms. The van der Waals surface area contributed by atoms with Gasteiger partial charge in [0.05, 0.1) is 6.42 Å². The molecule has 0 saturated carbocycles. The van der Waals surface area contributed by atoms with Crippen molar-refractivity contribution < 1.29 is 19.1 Å². The van der Waals surface area contributed by atoms with Crippen molar-refractivity contribution in [3.63, 3.8) is 0 Å². The minimum absolute atomic E-state index is 0.173. The van der Waals surface area contributed by atoms with Crippen LogP contribution in [0.2, 0.25) is 0 Å². The fourth-order valence-electron chi connectivity index (χ4n) is 4.33. The Hall–Kier alpha value is -3.80. The highest BCUT2D eigenvalue weighted by Gasteiger charge is 2.50. The van der Waals surface area contributed by atoms with Crippen LogP contribution in [0, 0.1) is 0 Å². The molecule has 1 atom stereocenters. The lowest BCUT2D eigenvalue weighted by molar-refractivity contribution is -0.155. The van der Waals surface area contributed by atoms with Gasteiger partial charge in [0.2, 0.25) is 5.91 Å². The van der Waals surface area contributed by atoms with Gasteiger partial charge in [-0.1, -0.05) is 24.3 Å². The Morgan fingerprint density at radius 1 is 0.933 bits per heavy atom. The molecule has 5 rings (SSSR count). The number of ether oxygens (including phenoxy) is 2. The van der Waals surface area contributed by atoms with Gasteiger partial charge < -0.3 is 20.1 Å². The summed E-state index contributed by atoms with van der Waals surface area (Å²) in [5.41, 5.74) is 3.70. The predicted octanol–water partition coefficient (Wildman–Crippen LogP) is 4.18. The number of amides is 1. The highest BCUT2D eigenvalue weighted by atomic mass is 16.6. The monoisotopic (exact) mass is 400 g/mol. The molecule has 0 radical (unpaired) electrons. The quantitative estimate of drug-likeness (QED) is 0.631. The first-order chi connectivity index (χ1) is 14.5. The summed E-state index contributed by atoms with van der Waals surface area (Å²) in [5.74, 6) is 0.661. The van der Waals surface area contributed by atoms with Crippen molar-refractivity contribution in [2.45, 2.75) is 18.9 Å². The molecule has 2 N–H and O–H groups in total. The van der Waals surface area contributed by atoms with E-state index in [1.54, 1.807) is 12.1 Å². The third kappa shape index (κ3) is 2.64. The van der Waals surface area contributed by atoms with Gasteiger partial charge in [0.15, 0.2) is 5.60 Å². The predicted molar refractivity (Wildman–Crippen MR) is 113 cm³/mol. The lowest BCUT2D eigenvalue weighted by Crippen LogP contribution is -2.42. The summed E-state index contributed by atoms with van der Waals surface area (Å²) in [7, 11) is 1.83. The number of carbonyl (C=O) groups is 2. The number of benzene rings is 3. The van der Waals surface area contributed by atoms with Crippen LogP contribution in [-0.2, 0) is 26.3 Å². The highest BCUT2D eigenvalue weighted by molar-refractivity contribution is 5.89. The Balaban J connectivity index is 1.82. The second kappa shape index (κ2) is 6.62. The molecular formula is C24H20N2O4. The Bertz CT molecular complexity index is 1200. The van der Waals surface area contributed by atoms with Gasteiger partial charge >= 0.3 is 5.97 Å². The minimum Gasteiger partial charge on any atom is -0.456 e. The number of anilines is 2. The van der Waals surface area contributed by atoms with Crippen LogP contribution in [0.25, 0.3) is 0 Å². The van der Waals surface area contributed by atoms with Gasteiger partial charge in [0.25, 0.3) is 0 Å². The fraction of sp³-hybridized carbons (Fsp3) is 0.167. The molecule has 0 bridgehead atoms. The van der Waals surface area contributed by atoms with E-state index in [1.807, 2.05) is 55.6 Å². The summed E-state index contributed by atoms with van der Waals surface area (Å²) in [6.07, 6.45) is 0.224. The van der Waals surface area contributed by atoms with Crippen molar-refractivity contribution in [3.8, 4) is 11.5 Å². The number of fused-ring (bicyclic) bond motifs is 6. The Kier molecular flexibility index (Phi) is 4.03. The fourth-order valence-corrected chi connectivity index (χ4v) is 4.33. The normalized spacial score (nSPS) is 18.4. The first-order valence-electron chi connectivity index (χ1n) is 9.74. The lowest BCUT2D eigenvalue weighted by Gasteiger charge is -2.43. The Labute approximate surface area is 173 Å². The standard InChI is InChI=1S/C24H20N2O4/c1-14(27)26-17-8-10-20-22(13-17)29-21-12-16(25-2)7-9-19(21)24(20)18-6-4-3-5-15(18)11-23(28)30-24/h3-10,12-13,25H,11H2,1-2H3,(H,26,27). The van der Waals surface area contributed by atoms with E-state index in [-0.39, 0.29) is 18.3 Å². The van der Waals surface area contributed by atoms with Crippen LogP contribution in [-0.4, -0.2) is 18.9 Å². The van der Waals surface area contributed by atoms with Crippen LogP contribution in [0.4, 0.5) is 11.4 Å². The van der Waals surface area contributed by atoms with Gasteiger partial charge in [0.1, 0.15) is 11.5 Å². The third-order valence-corrected chi connectivity index (χ3v) is 5.55.